The number of nitrogens with zero attached hydrogens (tertiary/aromatic N) is 1. The molecule has 1 aromatic heterocycles. The SMILES string of the molecule is CCCC(CNC1CC1)Oc1cncc(Cl)c1. The van der Waals surface area contributed by atoms with Crippen LogP contribution in [-0.4, -0.2) is 23.7 Å². The molecule has 1 unspecified atom stereocenters. The smallest absolute Gasteiger partial charge is 0.139 e. The predicted octanol–water partition coefficient (Wildman–Crippen LogP) is 3.03. The Morgan fingerprint density at radius 2 is 2.35 bits per heavy atom. The van der Waals surface area contributed by atoms with Gasteiger partial charge in [-0.05, 0) is 19.3 Å². The topological polar surface area (TPSA) is 34.1 Å². The van der Waals surface area contributed by atoms with Gasteiger partial charge < -0.3 is 10.1 Å². The van der Waals surface area contributed by atoms with Gasteiger partial charge in [-0.15, -0.1) is 0 Å². The van der Waals surface area contributed by atoms with Crippen molar-refractivity contribution in [2.75, 3.05) is 6.54 Å². The Hall–Kier alpha value is -0.800. The van der Waals surface area contributed by atoms with Crippen LogP contribution in [0.3, 0.4) is 0 Å². The first-order valence-corrected chi connectivity index (χ1v) is 6.66. The lowest BCUT2D eigenvalue weighted by molar-refractivity contribution is 0.185. The minimum Gasteiger partial charge on any atom is -0.487 e. The van der Waals surface area contributed by atoms with Gasteiger partial charge in [-0.2, -0.15) is 0 Å². The first-order chi connectivity index (χ1) is 8.28. The van der Waals surface area contributed by atoms with Crippen LogP contribution in [0.2, 0.25) is 5.02 Å². The Bertz CT molecular complexity index is 355. The van der Waals surface area contributed by atoms with Gasteiger partial charge in [0.15, 0.2) is 0 Å². The second kappa shape index (κ2) is 6.22. The van der Waals surface area contributed by atoms with Gasteiger partial charge in [0.1, 0.15) is 11.9 Å². The Morgan fingerprint density at radius 1 is 1.53 bits per heavy atom. The van der Waals surface area contributed by atoms with E-state index in [-0.39, 0.29) is 6.10 Å². The number of rotatable bonds is 7. The van der Waals surface area contributed by atoms with Crippen LogP contribution in [-0.2, 0) is 0 Å². The summed E-state index contributed by atoms with van der Waals surface area (Å²) in [6.07, 6.45) is 8.31. The van der Waals surface area contributed by atoms with E-state index in [0.29, 0.717) is 5.02 Å². The van der Waals surface area contributed by atoms with Gasteiger partial charge in [0, 0.05) is 24.8 Å². The van der Waals surface area contributed by atoms with E-state index in [4.69, 9.17) is 16.3 Å². The average molecular weight is 255 g/mol. The summed E-state index contributed by atoms with van der Waals surface area (Å²) in [4.78, 5) is 4.03. The molecule has 2 rings (SSSR count). The van der Waals surface area contributed by atoms with E-state index in [2.05, 4.69) is 17.2 Å². The molecule has 0 amide bonds. The molecule has 94 valence electrons. The zero-order chi connectivity index (χ0) is 12.1. The van der Waals surface area contributed by atoms with Crippen molar-refractivity contribution in [1.29, 1.82) is 0 Å². The molecule has 1 N–H and O–H groups in total. The fourth-order valence-corrected chi connectivity index (χ4v) is 1.92. The van der Waals surface area contributed by atoms with Crippen molar-refractivity contribution in [3.8, 4) is 5.75 Å². The molecular weight excluding hydrogens is 236 g/mol. The fourth-order valence-electron chi connectivity index (χ4n) is 1.76. The molecule has 0 aromatic carbocycles. The van der Waals surface area contributed by atoms with Gasteiger partial charge in [0.05, 0.1) is 11.2 Å². The lowest BCUT2D eigenvalue weighted by atomic mass is 10.2. The molecule has 17 heavy (non-hydrogen) atoms. The summed E-state index contributed by atoms with van der Waals surface area (Å²) in [6.45, 7) is 3.08. The fraction of sp³-hybridized carbons (Fsp3) is 0.615. The highest BCUT2D eigenvalue weighted by atomic mass is 35.5. The summed E-state index contributed by atoms with van der Waals surface area (Å²) in [7, 11) is 0. The Balaban J connectivity index is 1.86. The zero-order valence-electron chi connectivity index (χ0n) is 10.2. The van der Waals surface area contributed by atoms with Crippen LogP contribution in [0.25, 0.3) is 0 Å². The van der Waals surface area contributed by atoms with Crippen molar-refractivity contribution in [2.24, 2.45) is 0 Å². The Morgan fingerprint density at radius 3 is 3.00 bits per heavy atom. The third-order valence-electron chi connectivity index (χ3n) is 2.80. The largest absolute Gasteiger partial charge is 0.487 e. The highest BCUT2D eigenvalue weighted by Crippen LogP contribution is 2.20. The number of hydrogen-bond donors (Lipinski definition) is 1. The molecule has 0 spiro atoms. The normalized spacial score (nSPS) is 16.8. The van der Waals surface area contributed by atoms with Crippen molar-refractivity contribution < 1.29 is 4.74 Å². The molecule has 1 atom stereocenters. The third kappa shape index (κ3) is 4.52. The second-order valence-corrected chi connectivity index (χ2v) is 4.99. The standard InChI is InChI=1S/C13H19ClN2O/c1-2-3-12(9-16-11-4-5-11)17-13-6-10(14)7-15-8-13/h6-8,11-12,16H,2-5,9H2,1H3. The van der Waals surface area contributed by atoms with Crippen molar-refractivity contribution >= 4 is 11.6 Å². The number of halogens is 1. The van der Waals surface area contributed by atoms with Crippen LogP contribution in [0.15, 0.2) is 18.5 Å². The summed E-state index contributed by atoms with van der Waals surface area (Å²) in [5.74, 6) is 0.758. The van der Waals surface area contributed by atoms with Crippen molar-refractivity contribution in [1.82, 2.24) is 10.3 Å². The van der Waals surface area contributed by atoms with E-state index in [9.17, 15) is 0 Å². The number of aromatic nitrogens is 1. The molecule has 1 aliphatic rings. The van der Waals surface area contributed by atoms with E-state index in [1.807, 2.05) is 6.07 Å². The molecule has 0 saturated heterocycles. The maximum atomic E-state index is 5.90. The third-order valence-corrected chi connectivity index (χ3v) is 3.01. The van der Waals surface area contributed by atoms with Gasteiger partial charge in [0.2, 0.25) is 0 Å². The lowest BCUT2D eigenvalue weighted by Crippen LogP contribution is -2.32. The van der Waals surface area contributed by atoms with E-state index in [1.165, 1.54) is 12.8 Å². The molecule has 0 radical (unpaired) electrons. The Kier molecular flexibility index (Phi) is 4.63. The summed E-state index contributed by atoms with van der Waals surface area (Å²) in [6, 6.07) is 2.53. The van der Waals surface area contributed by atoms with Gasteiger partial charge >= 0.3 is 0 Å². The average Bonchev–Trinajstić information content (AvgIpc) is 3.10. The van der Waals surface area contributed by atoms with Crippen LogP contribution in [0.4, 0.5) is 0 Å². The first-order valence-electron chi connectivity index (χ1n) is 6.28. The molecule has 1 aliphatic carbocycles. The van der Waals surface area contributed by atoms with E-state index < -0.39 is 0 Å². The minimum absolute atomic E-state index is 0.209. The van der Waals surface area contributed by atoms with Crippen LogP contribution in [0, 0.1) is 0 Å². The zero-order valence-corrected chi connectivity index (χ0v) is 10.9. The van der Waals surface area contributed by atoms with Gasteiger partial charge in [-0.1, -0.05) is 24.9 Å². The molecule has 4 heteroatoms. The van der Waals surface area contributed by atoms with Crippen LogP contribution in [0.1, 0.15) is 32.6 Å². The summed E-state index contributed by atoms with van der Waals surface area (Å²) < 4.78 is 5.90. The molecule has 1 fully saturated rings. The molecule has 1 heterocycles. The predicted molar refractivity (Wildman–Crippen MR) is 69.6 cm³/mol. The van der Waals surface area contributed by atoms with E-state index >= 15 is 0 Å². The molecule has 0 bridgehead atoms. The number of nitrogens with one attached hydrogen (secondary N) is 1. The van der Waals surface area contributed by atoms with Gasteiger partial charge in [-0.25, -0.2) is 0 Å². The van der Waals surface area contributed by atoms with Crippen LogP contribution >= 0.6 is 11.6 Å². The van der Waals surface area contributed by atoms with Gasteiger partial charge in [0.25, 0.3) is 0 Å². The molecule has 1 saturated carbocycles. The first kappa shape index (κ1) is 12.7. The van der Waals surface area contributed by atoms with Crippen molar-refractivity contribution in [3.05, 3.63) is 23.5 Å². The second-order valence-electron chi connectivity index (χ2n) is 4.55. The number of pyridine rings is 1. The van der Waals surface area contributed by atoms with Gasteiger partial charge in [-0.3, -0.25) is 4.98 Å². The number of ether oxygens (including phenoxy) is 1. The van der Waals surface area contributed by atoms with Crippen LogP contribution < -0.4 is 10.1 Å². The maximum absolute atomic E-state index is 5.90. The molecule has 0 aliphatic heterocycles. The monoisotopic (exact) mass is 254 g/mol. The van der Waals surface area contributed by atoms with Crippen molar-refractivity contribution in [3.63, 3.8) is 0 Å². The molecular formula is C13H19ClN2O. The van der Waals surface area contributed by atoms with E-state index in [0.717, 1.165) is 31.2 Å². The summed E-state index contributed by atoms with van der Waals surface area (Å²) in [5, 5.41) is 4.12. The summed E-state index contributed by atoms with van der Waals surface area (Å²) in [5.41, 5.74) is 0. The lowest BCUT2D eigenvalue weighted by Gasteiger charge is -2.19. The Labute approximate surface area is 108 Å². The highest BCUT2D eigenvalue weighted by Gasteiger charge is 2.22. The highest BCUT2D eigenvalue weighted by molar-refractivity contribution is 6.30. The van der Waals surface area contributed by atoms with E-state index in [1.54, 1.807) is 12.4 Å². The molecule has 1 aromatic rings. The number of hydrogen-bond acceptors (Lipinski definition) is 3. The summed E-state index contributed by atoms with van der Waals surface area (Å²) >= 11 is 5.88. The van der Waals surface area contributed by atoms with Crippen molar-refractivity contribution in [2.45, 2.75) is 44.8 Å². The maximum Gasteiger partial charge on any atom is 0.139 e. The van der Waals surface area contributed by atoms with Crippen LogP contribution in [0.5, 0.6) is 5.75 Å². The molecule has 3 nitrogen and oxygen atoms in total. The quantitative estimate of drug-likeness (QED) is 0.812. The minimum atomic E-state index is 0.209.